The first-order chi connectivity index (χ1) is 8.83. The normalized spacial score (nSPS) is 17.7. The molecule has 1 heterocycles. The molecule has 0 amide bonds. The van der Waals surface area contributed by atoms with Crippen LogP contribution >= 0.6 is 22.6 Å². The molecule has 92 valence electrons. The first-order valence-electron chi connectivity index (χ1n) is 6.07. The lowest BCUT2D eigenvalue weighted by molar-refractivity contribution is 0.274. The largest absolute Gasteiger partial charge is 0.493 e. The zero-order valence-corrected chi connectivity index (χ0v) is 12.1. The maximum atomic E-state index is 5.67. The van der Waals surface area contributed by atoms with E-state index in [0.29, 0.717) is 6.04 Å². The minimum Gasteiger partial charge on any atom is -0.493 e. The van der Waals surface area contributed by atoms with E-state index < -0.39 is 0 Å². The fourth-order valence-electron chi connectivity index (χ4n) is 2.27. The van der Waals surface area contributed by atoms with Crippen molar-refractivity contribution in [1.29, 1.82) is 0 Å². The van der Waals surface area contributed by atoms with Crippen molar-refractivity contribution < 1.29 is 4.74 Å². The summed E-state index contributed by atoms with van der Waals surface area (Å²) in [6.07, 6.45) is 1.00. The van der Waals surface area contributed by atoms with Gasteiger partial charge in [-0.3, -0.25) is 0 Å². The summed E-state index contributed by atoms with van der Waals surface area (Å²) in [6, 6.07) is 17.1. The monoisotopic (exact) mass is 351 g/mol. The van der Waals surface area contributed by atoms with E-state index in [9.17, 15) is 0 Å². The van der Waals surface area contributed by atoms with Crippen LogP contribution in [-0.4, -0.2) is 6.61 Å². The molecule has 3 rings (SSSR count). The first kappa shape index (κ1) is 11.8. The molecule has 1 unspecified atom stereocenters. The van der Waals surface area contributed by atoms with Gasteiger partial charge in [0.15, 0.2) is 0 Å². The Labute approximate surface area is 121 Å². The highest BCUT2D eigenvalue weighted by molar-refractivity contribution is 14.1. The zero-order chi connectivity index (χ0) is 12.4. The van der Waals surface area contributed by atoms with E-state index in [0.717, 1.165) is 18.8 Å². The molecule has 1 N–H and O–H groups in total. The standard InChI is InChI=1S/C15H14INO/c16-11-4-3-5-12(10-11)17-14-8-9-18-15-7-2-1-6-13(14)15/h1-7,10,14,17H,8-9H2. The van der Waals surface area contributed by atoms with Gasteiger partial charge in [-0.15, -0.1) is 0 Å². The molecule has 1 aliphatic rings. The molecule has 1 aliphatic heterocycles. The quantitative estimate of drug-likeness (QED) is 0.818. The molecule has 0 saturated carbocycles. The van der Waals surface area contributed by atoms with Crippen molar-refractivity contribution in [2.24, 2.45) is 0 Å². The van der Waals surface area contributed by atoms with Crippen molar-refractivity contribution in [3.8, 4) is 5.75 Å². The van der Waals surface area contributed by atoms with Gasteiger partial charge >= 0.3 is 0 Å². The fourth-order valence-corrected chi connectivity index (χ4v) is 2.81. The number of para-hydroxylation sites is 1. The van der Waals surface area contributed by atoms with Gasteiger partial charge in [-0.25, -0.2) is 0 Å². The second-order valence-electron chi connectivity index (χ2n) is 4.38. The number of ether oxygens (including phenoxy) is 1. The summed E-state index contributed by atoms with van der Waals surface area (Å²) in [5, 5.41) is 3.59. The SMILES string of the molecule is Ic1cccc(NC2CCOc3ccccc32)c1. The fraction of sp³-hybridized carbons (Fsp3) is 0.200. The Morgan fingerprint density at radius 3 is 2.89 bits per heavy atom. The van der Waals surface area contributed by atoms with E-state index >= 15 is 0 Å². The summed E-state index contributed by atoms with van der Waals surface area (Å²) in [4.78, 5) is 0. The topological polar surface area (TPSA) is 21.3 Å². The maximum Gasteiger partial charge on any atom is 0.124 e. The zero-order valence-electron chi connectivity index (χ0n) is 9.90. The van der Waals surface area contributed by atoms with Crippen molar-refractivity contribution in [3.63, 3.8) is 0 Å². The average molecular weight is 351 g/mol. The predicted molar refractivity (Wildman–Crippen MR) is 82.1 cm³/mol. The number of rotatable bonds is 2. The van der Waals surface area contributed by atoms with Crippen LogP contribution in [0.25, 0.3) is 0 Å². The maximum absolute atomic E-state index is 5.67. The van der Waals surface area contributed by atoms with E-state index in [1.807, 2.05) is 12.1 Å². The highest BCUT2D eigenvalue weighted by Gasteiger charge is 2.20. The molecule has 2 nitrogen and oxygen atoms in total. The van der Waals surface area contributed by atoms with E-state index in [1.165, 1.54) is 14.8 Å². The summed E-state index contributed by atoms with van der Waals surface area (Å²) in [7, 11) is 0. The van der Waals surface area contributed by atoms with Gasteiger partial charge in [0.05, 0.1) is 12.6 Å². The lowest BCUT2D eigenvalue weighted by Gasteiger charge is -2.27. The number of hydrogen-bond acceptors (Lipinski definition) is 2. The average Bonchev–Trinajstić information content (AvgIpc) is 2.39. The van der Waals surface area contributed by atoms with E-state index in [2.05, 4.69) is 64.3 Å². The second kappa shape index (κ2) is 5.18. The predicted octanol–water partition coefficient (Wildman–Crippen LogP) is 4.23. The number of nitrogens with one attached hydrogen (secondary N) is 1. The number of anilines is 1. The van der Waals surface area contributed by atoms with Crippen molar-refractivity contribution in [1.82, 2.24) is 0 Å². The van der Waals surface area contributed by atoms with Gasteiger partial charge in [0.2, 0.25) is 0 Å². The van der Waals surface area contributed by atoms with E-state index in [1.54, 1.807) is 0 Å². The van der Waals surface area contributed by atoms with Crippen LogP contribution in [0.4, 0.5) is 5.69 Å². The van der Waals surface area contributed by atoms with E-state index in [-0.39, 0.29) is 0 Å². The molecule has 18 heavy (non-hydrogen) atoms. The summed E-state index contributed by atoms with van der Waals surface area (Å²) in [6.45, 7) is 0.776. The molecule has 0 radical (unpaired) electrons. The molecule has 0 aliphatic carbocycles. The first-order valence-corrected chi connectivity index (χ1v) is 7.14. The van der Waals surface area contributed by atoms with E-state index in [4.69, 9.17) is 4.74 Å². The molecule has 2 aromatic rings. The van der Waals surface area contributed by atoms with Crippen LogP contribution in [-0.2, 0) is 0 Å². The highest BCUT2D eigenvalue weighted by Crippen LogP contribution is 2.34. The van der Waals surface area contributed by atoms with Crippen molar-refractivity contribution >= 4 is 28.3 Å². The molecular formula is C15H14INO. The number of fused-ring (bicyclic) bond motifs is 1. The van der Waals surface area contributed by atoms with Crippen LogP contribution in [0.1, 0.15) is 18.0 Å². The van der Waals surface area contributed by atoms with Crippen LogP contribution in [0.2, 0.25) is 0 Å². The molecule has 0 saturated heterocycles. The summed E-state index contributed by atoms with van der Waals surface area (Å²) in [5.74, 6) is 1.01. The van der Waals surface area contributed by atoms with Gasteiger partial charge in [-0.2, -0.15) is 0 Å². The summed E-state index contributed by atoms with van der Waals surface area (Å²) < 4.78 is 6.92. The van der Waals surface area contributed by atoms with Gasteiger partial charge in [-0.05, 0) is 46.9 Å². The Hall–Kier alpha value is -1.23. The van der Waals surface area contributed by atoms with Crippen LogP contribution in [0.5, 0.6) is 5.75 Å². The van der Waals surface area contributed by atoms with Crippen molar-refractivity contribution in [3.05, 3.63) is 57.7 Å². The molecule has 3 heteroatoms. The molecule has 2 aromatic carbocycles. The lowest BCUT2D eigenvalue weighted by atomic mass is 10.0. The molecule has 1 atom stereocenters. The number of halogens is 1. The van der Waals surface area contributed by atoms with Crippen molar-refractivity contribution in [2.45, 2.75) is 12.5 Å². The molecule has 0 fully saturated rings. The van der Waals surface area contributed by atoms with Gasteiger partial charge in [-0.1, -0.05) is 24.3 Å². The van der Waals surface area contributed by atoms with Crippen LogP contribution < -0.4 is 10.1 Å². The number of hydrogen-bond donors (Lipinski definition) is 1. The Bertz CT molecular complexity index is 556. The van der Waals surface area contributed by atoms with Crippen LogP contribution in [0, 0.1) is 3.57 Å². The highest BCUT2D eigenvalue weighted by atomic mass is 127. The van der Waals surface area contributed by atoms with Crippen LogP contribution in [0.3, 0.4) is 0 Å². The summed E-state index contributed by atoms with van der Waals surface area (Å²) >= 11 is 2.33. The van der Waals surface area contributed by atoms with Crippen molar-refractivity contribution in [2.75, 3.05) is 11.9 Å². The lowest BCUT2D eigenvalue weighted by Crippen LogP contribution is -2.20. The van der Waals surface area contributed by atoms with Gasteiger partial charge in [0.1, 0.15) is 5.75 Å². The molecular weight excluding hydrogens is 337 g/mol. The minimum absolute atomic E-state index is 0.341. The Kier molecular flexibility index (Phi) is 3.41. The summed E-state index contributed by atoms with van der Waals surface area (Å²) in [5.41, 5.74) is 2.42. The third-order valence-corrected chi connectivity index (χ3v) is 3.80. The molecule has 0 aromatic heterocycles. The Morgan fingerprint density at radius 2 is 2.00 bits per heavy atom. The number of benzene rings is 2. The second-order valence-corrected chi connectivity index (χ2v) is 5.63. The smallest absolute Gasteiger partial charge is 0.124 e. The Morgan fingerprint density at radius 1 is 1.11 bits per heavy atom. The third kappa shape index (κ3) is 2.46. The third-order valence-electron chi connectivity index (χ3n) is 3.12. The van der Waals surface area contributed by atoms with Gasteiger partial charge in [0.25, 0.3) is 0 Å². The van der Waals surface area contributed by atoms with Crippen LogP contribution in [0.15, 0.2) is 48.5 Å². The van der Waals surface area contributed by atoms with Gasteiger partial charge < -0.3 is 10.1 Å². The molecule has 0 bridgehead atoms. The van der Waals surface area contributed by atoms with Gasteiger partial charge in [0, 0.05) is 21.2 Å². The molecule has 0 spiro atoms. The Balaban J connectivity index is 1.86. The minimum atomic E-state index is 0.341.